The second kappa shape index (κ2) is 6.59. The second-order valence-electron chi connectivity index (χ2n) is 5.67. The van der Waals surface area contributed by atoms with Crippen LogP contribution in [0.3, 0.4) is 0 Å². The number of benzene rings is 1. The van der Waals surface area contributed by atoms with Gasteiger partial charge in [0.1, 0.15) is 0 Å². The van der Waals surface area contributed by atoms with E-state index in [1.54, 1.807) is 0 Å². The molecule has 1 aromatic carbocycles. The summed E-state index contributed by atoms with van der Waals surface area (Å²) in [7, 11) is -1.93. The van der Waals surface area contributed by atoms with Gasteiger partial charge in [0.15, 0.2) is 0 Å². The normalized spacial score (nSPS) is 19.8. The number of hydrogen-bond acceptors (Lipinski definition) is 6. The summed E-state index contributed by atoms with van der Waals surface area (Å²) in [6.07, 6.45) is 2.19. The van der Waals surface area contributed by atoms with Crippen molar-refractivity contribution in [1.29, 1.82) is 0 Å². The van der Waals surface area contributed by atoms with Crippen molar-refractivity contribution in [1.82, 2.24) is 4.90 Å². The molecule has 9 heteroatoms. The molecule has 1 unspecified atom stereocenters. The van der Waals surface area contributed by atoms with Gasteiger partial charge in [0.25, 0.3) is 5.69 Å². The van der Waals surface area contributed by atoms with Crippen LogP contribution in [0.1, 0.15) is 12.8 Å². The van der Waals surface area contributed by atoms with E-state index in [1.165, 1.54) is 12.1 Å². The minimum atomic E-state index is -3.99. The van der Waals surface area contributed by atoms with Gasteiger partial charge >= 0.3 is 0 Å². The van der Waals surface area contributed by atoms with E-state index in [9.17, 15) is 18.5 Å². The highest BCUT2D eigenvalue weighted by atomic mass is 32.2. The fourth-order valence-electron chi connectivity index (χ4n) is 2.66. The van der Waals surface area contributed by atoms with E-state index in [-0.39, 0.29) is 10.6 Å². The Hall–Kier alpha value is -1.71. The highest BCUT2D eigenvalue weighted by Gasteiger charge is 2.19. The third-order valence-electron chi connectivity index (χ3n) is 3.75. The van der Waals surface area contributed by atoms with E-state index < -0.39 is 14.9 Å². The molecule has 1 aromatic rings. The van der Waals surface area contributed by atoms with Gasteiger partial charge in [-0.15, -0.1) is 0 Å². The maximum Gasteiger partial charge on any atom is 0.272 e. The Balaban J connectivity index is 2.16. The molecule has 0 radical (unpaired) electrons. The highest BCUT2D eigenvalue weighted by molar-refractivity contribution is 7.89. The molecule has 122 valence electrons. The monoisotopic (exact) mass is 328 g/mol. The Labute approximate surface area is 129 Å². The first kappa shape index (κ1) is 16.7. The Bertz CT molecular complexity index is 662. The van der Waals surface area contributed by atoms with E-state index in [1.807, 2.05) is 0 Å². The van der Waals surface area contributed by atoms with Gasteiger partial charge in [0.05, 0.1) is 9.82 Å². The first-order valence-electron chi connectivity index (χ1n) is 7.00. The van der Waals surface area contributed by atoms with Gasteiger partial charge in [0.2, 0.25) is 10.0 Å². The van der Waals surface area contributed by atoms with Crippen LogP contribution in [-0.2, 0) is 10.0 Å². The molecule has 0 amide bonds. The van der Waals surface area contributed by atoms with Crippen LogP contribution in [-0.4, -0.2) is 44.9 Å². The van der Waals surface area contributed by atoms with E-state index in [0.29, 0.717) is 18.2 Å². The number of nitro benzene ring substituents is 1. The third kappa shape index (κ3) is 4.39. The van der Waals surface area contributed by atoms with Crippen molar-refractivity contribution in [2.45, 2.75) is 17.7 Å². The topological polar surface area (TPSA) is 119 Å². The highest BCUT2D eigenvalue weighted by Crippen LogP contribution is 2.24. The third-order valence-corrected chi connectivity index (χ3v) is 4.64. The zero-order chi connectivity index (χ0) is 16.3. The molecule has 8 nitrogen and oxygen atoms in total. The second-order valence-corrected chi connectivity index (χ2v) is 7.23. The Kier molecular flexibility index (Phi) is 4.99. The molecule has 0 spiro atoms. The molecule has 1 saturated heterocycles. The van der Waals surface area contributed by atoms with Gasteiger partial charge in [-0.05, 0) is 38.4 Å². The summed E-state index contributed by atoms with van der Waals surface area (Å²) in [5.74, 6) is 0.427. The number of anilines is 1. The molecule has 0 aromatic heterocycles. The van der Waals surface area contributed by atoms with Gasteiger partial charge < -0.3 is 10.2 Å². The number of nitrogens with one attached hydrogen (secondary N) is 1. The summed E-state index contributed by atoms with van der Waals surface area (Å²) in [5, 5.41) is 19.1. The number of non-ortho nitro benzene ring substituents is 1. The fourth-order valence-corrected chi connectivity index (χ4v) is 3.23. The van der Waals surface area contributed by atoms with Crippen molar-refractivity contribution in [2.75, 3.05) is 32.0 Å². The molecule has 1 aliphatic rings. The van der Waals surface area contributed by atoms with Crippen molar-refractivity contribution in [3.8, 4) is 0 Å². The zero-order valence-corrected chi connectivity index (χ0v) is 13.2. The molecule has 0 saturated carbocycles. The maximum atomic E-state index is 11.4. The quantitative estimate of drug-likeness (QED) is 0.615. The predicted molar refractivity (Wildman–Crippen MR) is 83.2 cm³/mol. The molecule has 1 heterocycles. The minimum absolute atomic E-state index is 0.259. The average molecular weight is 328 g/mol. The first-order chi connectivity index (χ1) is 10.3. The molecule has 0 aliphatic carbocycles. The molecule has 1 atom stereocenters. The molecule has 22 heavy (non-hydrogen) atoms. The molecular weight excluding hydrogens is 308 g/mol. The summed E-state index contributed by atoms with van der Waals surface area (Å²) in [5.41, 5.74) is 0.0984. The summed E-state index contributed by atoms with van der Waals surface area (Å²) >= 11 is 0. The lowest BCUT2D eigenvalue weighted by Crippen LogP contribution is -2.35. The van der Waals surface area contributed by atoms with Crippen molar-refractivity contribution in [3.63, 3.8) is 0 Å². The average Bonchev–Trinajstić information content (AvgIpc) is 2.44. The Morgan fingerprint density at radius 3 is 2.77 bits per heavy atom. The summed E-state index contributed by atoms with van der Waals surface area (Å²) in [6, 6.07) is 3.62. The van der Waals surface area contributed by atoms with Crippen LogP contribution in [0.5, 0.6) is 0 Å². The van der Waals surface area contributed by atoms with Crippen LogP contribution in [0.4, 0.5) is 11.4 Å². The number of likely N-dealkylation sites (tertiary alicyclic amines) is 1. The SMILES string of the molecule is CN1CCCC(CNc2cc([N+](=O)[O-])cc(S(N)(=O)=O)c2)C1. The molecule has 1 aliphatic heterocycles. The predicted octanol–water partition coefficient (Wildman–Crippen LogP) is 0.996. The van der Waals surface area contributed by atoms with E-state index in [4.69, 9.17) is 5.14 Å². The zero-order valence-electron chi connectivity index (χ0n) is 12.4. The lowest BCUT2D eigenvalue weighted by atomic mass is 9.98. The van der Waals surface area contributed by atoms with E-state index >= 15 is 0 Å². The van der Waals surface area contributed by atoms with Crippen molar-refractivity contribution < 1.29 is 13.3 Å². The molecule has 1 fully saturated rings. The van der Waals surface area contributed by atoms with Crippen LogP contribution in [0.25, 0.3) is 0 Å². The number of nitrogens with two attached hydrogens (primary N) is 1. The summed E-state index contributed by atoms with van der Waals surface area (Å²) < 4.78 is 22.9. The smallest absolute Gasteiger partial charge is 0.272 e. The number of nitro groups is 1. The standard InChI is InChI=1S/C13H20N4O4S/c1-16-4-2-3-10(9-16)8-15-11-5-12(17(18)19)7-13(6-11)22(14,20)21/h5-7,10,15H,2-4,8-9H2,1H3,(H2,14,20,21). The molecular formula is C13H20N4O4S. The van der Waals surface area contributed by atoms with Crippen molar-refractivity contribution in [2.24, 2.45) is 11.1 Å². The number of hydrogen-bond donors (Lipinski definition) is 2. The van der Waals surface area contributed by atoms with Crippen molar-refractivity contribution >= 4 is 21.4 Å². The van der Waals surface area contributed by atoms with Gasteiger partial charge in [-0.3, -0.25) is 10.1 Å². The molecule has 2 rings (SSSR count). The minimum Gasteiger partial charge on any atom is -0.384 e. The lowest BCUT2D eigenvalue weighted by molar-refractivity contribution is -0.385. The van der Waals surface area contributed by atoms with Gasteiger partial charge in [0, 0.05) is 30.9 Å². The molecule has 3 N–H and O–H groups in total. The summed E-state index contributed by atoms with van der Waals surface area (Å²) in [4.78, 5) is 12.3. The maximum absolute atomic E-state index is 11.4. The Morgan fingerprint density at radius 1 is 1.45 bits per heavy atom. The van der Waals surface area contributed by atoms with Gasteiger partial charge in [-0.1, -0.05) is 0 Å². The van der Waals surface area contributed by atoms with Crippen LogP contribution in [0, 0.1) is 16.0 Å². The van der Waals surface area contributed by atoms with Crippen LogP contribution < -0.4 is 10.5 Å². The van der Waals surface area contributed by atoms with Gasteiger partial charge in [-0.2, -0.15) is 0 Å². The van der Waals surface area contributed by atoms with E-state index in [2.05, 4.69) is 17.3 Å². The number of primary sulfonamides is 1. The Morgan fingerprint density at radius 2 is 2.18 bits per heavy atom. The lowest BCUT2D eigenvalue weighted by Gasteiger charge is -2.29. The number of sulfonamides is 1. The number of nitrogens with zero attached hydrogens (tertiary/aromatic N) is 2. The van der Waals surface area contributed by atoms with Gasteiger partial charge in [-0.25, -0.2) is 13.6 Å². The summed E-state index contributed by atoms with van der Waals surface area (Å²) in [6.45, 7) is 2.66. The first-order valence-corrected chi connectivity index (χ1v) is 8.55. The van der Waals surface area contributed by atoms with Crippen molar-refractivity contribution in [3.05, 3.63) is 28.3 Å². The van der Waals surface area contributed by atoms with Crippen LogP contribution in [0.2, 0.25) is 0 Å². The number of rotatable bonds is 5. The van der Waals surface area contributed by atoms with Crippen LogP contribution >= 0.6 is 0 Å². The largest absolute Gasteiger partial charge is 0.384 e. The van der Waals surface area contributed by atoms with Crippen LogP contribution in [0.15, 0.2) is 23.1 Å². The molecule has 0 bridgehead atoms. The van der Waals surface area contributed by atoms with E-state index in [0.717, 1.165) is 32.0 Å². The number of piperidine rings is 1. The fraction of sp³-hybridized carbons (Fsp3) is 0.538.